The first kappa shape index (κ1) is 18.7. The van der Waals surface area contributed by atoms with Gasteiger partial charge >= 0.3 is 11.6 Å². The molecule has 30 heavy (non-hydrogen) atoms. The summed E-state index contributed by atoms with van der Waals surface area (Å²) >= 11 is 1.25. The Morgan fingerprint density at radius 1 is 1.17 bits per heavy atom. The van der Waals surface area contributed by atoms with Crippen LogP contribution in [0.25, 0.3) is 21.2 Å². The fraction of sp³-hybridized carbons (Fsp3) is 0.273. The van der Waals surface area contributed by atoms with Crippen LogP contribution in [0.15, 0.2) is 27.4 Å². The van der Waals surface area contributed by atoms with Crippen molar-refractivity contribution >= 4 is 38.5 Å². The molecule has 1 aromatic carbocycles. The van der Waals surface area contributed by atoms with Crippen LogP contribution in [0.2, 0.25) is 0 Å². The minimum absolute atomic E-state index is 0.274. The average Bonchev–Trinajstić information content (AvgIpc) is 3.33. The molecular formula is C22H18N2O5S. The summed E-state index contributed by atoms with van der Waals surface area (Å²) in [6.45, 7) is 3.58. The molecule has 0 saturated carbocycles. The van der Waals surface area contributed by atoms with Crippen molar-refractivity contribution in [2.75, 3.05) is 7.11 Å². The number of benzene rings is 1. The van der Waals surface area contributed by atoms with Crippen LogP contribution in [-0.2, 0) is 17.6 Å². The van der Waals surface area contributed by atoms with Gasteiger partial charge in [0, 0.05) is 17.0 Å². The summed E-state index contributed by atoms with van der Waals surface area (Å²) in [5, 5.41) is 1.61. The second-order valence-electron chi connectivity index (χ2n) is 7.26. The number of ether oxygens (including phenoxy) is 2. The van der Waals surface area contributed by atoms with E-state index in [0.29, 0.717) is 43.7 Å². The second-order valence-corrected chi connectivity index (χ2v) is 8.26. The van der Waals surface area contributed by atoms with Gasteiger partial charge in [-0.05, 0) is 56.4 Å². The zero-order chi connectivity index (χ0) is 21.0. The lowest BCUT2D eigenvalue weighted by Gasteiger charge is -2.09. The lowest BCUT2D eigenvalue weighted by molar-refractivity contribution is 0.0605. The topological polar surface area (TPSA) is 91.5 Å². The van der Waals surface area contributed by atoms with E-state index in [1.165, 1.54) is 18.4 Å². The molecule has 152 valence electrons. The van der Waals surface area contributed by atoms with Gasteiger partial charge in [0.05, 0.1) is 12.5 Å². The molecule has 0 bridgehead atoms. The van der Waals surface area contributed by atoms with E-state index in [9.17, 15) is 9.59 Å². The fourth-order valence-electron chi connectivity index (χ4n) is 4.00. The minimum atomic E-state index is -0.416. The maximum Gasteiger partial charge on any atom is 0.348 e. The van der Waals surface area contributed by atoms with Crippen molar-refractivity contribution in [1.29, 1.82) is 0 Å². The van der Waals surface area contributed by atoms with Crippen LogP contribution in [-0.4, -0.2) is 23.0 Å². The molecule has 3 heterocycles. The van der Waals surface area contributed by atoms with Crippen molar-refractivity contribution < 1.29 is 18.7 Å². The van der Waals surface area contributed by atoms with Crippen LogP contribution >= 0.6 is 11.3 Å². The number of fused-ring (bicyclic) bond motifs is 4. The number of carbonyl (C=O) groups excluding carboxylic acids is 1. The van der Waals surface area contributed by atoms with E-state index in [2.05, 4.69) is 9.97 Å². The summed E-state index contributed by atoms with van der Waals surface area (Å²) in [4.78, 5) is 34.4. The summed E-state index contributed by atoms with van der Waals surface area (Å²) in [6, 6.07) is 5.47. The van der Waals surface area contributed by atoms with Gasteiger partial charge in [0.25, 0.3) is 0 Å². The van der Waals surface area contributed by atoms with E-state index >= 15 is 0 Å². The molecule has 0 aliphatic heterocycles. The number of aromatic nitrogens is 2. The van der Waals surface area contributed by atoms with E-state index in [1.807, 2.05) is 19.1 Å². The van der Waals surface area contributed by atoms with Crippen LogP contribution in [0.3, 0.4) is 0 Å². The number of rotatable bonds is 3. The zero-order valence-electron chi connectivity index (χ0n) is 16.7. The predicted molar refractivity (Wildman–Crippen MR) is 113 cm³/mol. The number of thiophene rings is 1. The molecule has 0 N–H and O–H groups in total. The molecule has 0 atom stereocenters. The SMILES string of the molecule is COC(=O)c1sc2nc(C)nc(Oc3ccc4c5c(c(=O)oc4c3)CCC5)c2c1C. The van der Waals surface area contributed by atoms with Gasteiger partial charge in [-0.15, -0.1) is 11.3 Å². The molecule has 0 spiro atoms. The molecule has 7 nitrogen and oxygen atoms in total. The third kappa shape index (κ3) is 2.87. The first-order valence-electron chi connectivity index (χ1n) is 9.58. The number of hydrogen-bond acceptors (Lipinski definition) is 8. The van der Waals surface area contributed by atoms with Crippen LogP contribution in [0.5, 0.6) is 11.6 Å². The Bertz CT molecular complexity index is 1400. The number of hydrogen-bond donors (Lipinski definition) is 0. The highest BCUT2D eigenvalue weighted by molar-refractivity contribution is 7.20. The molecule has 3 aromatic heterocycles. The third-order valence-corrected chi connectivity index (χ3v) is 6.56. The highest BCUT2D eigenvalue weighted by atomic mass is 32.1. The molecule has 4 aromatic rings. The largest absolute Gasteiger partial charge is 0.465 e. The van der Waals surface area contributed by atoms with Crippen molar-refractivity contribution in [2.45, 2.75) is 33.1 Å². The number of carbonyl (C=O) groups is 1. The molecular weight excluding hydrogens is 404 g/mol. The first-order chi connectivity index (χ1) is 14.5. The average molecular weight is 422 g/mol. The lowest BCUT2D eigenvalue weighted by Crippen LogP contribution is -2.06. The number of methoxy groups -OCH3 is 1. The molecule has 1 aliphatic rings. The Labute approximate surface area is 175 Å². The van der Waals surface area contributed by atoms with E-state index in [1.54, 1.807) is 13.0 Å². The quantitative estimate of drug-likeness (QED) is 0.355. The summed E-state index contributed by atoms with van der Waals surface area (Å²) in [5.41, 5.74) is 2.79. The molecule has 0 saturated heterocycles. The van der Waals surface area contributed by atoms with Crippen molar-refractivity contribution in [2.24, 2.45) is 0 Å². The molecule has 1 aliphatic carbocycles. The standard InChI is InChI=1S/C22H18N2O5S/c1-10-17-19(23-11(2)24-20(17)30-18(10)22(26)27-3)28-12-7-8-14-13-5-4-6-15(13)21(25)29-16(14)9-12/h7-9H,4-6H2,1-3H3. The maximum absolute atomic E-state index is 12.3. The van der Waals surface area contributed by atoms with E-state index in [-0.39, 0.29) is 5.63 Å². The number of aryl methyl sites for hydroxylation is 3. The summed E-state index contributed by atoms with van der Waals surface area (Å²) in [5.74, 6) is 0.957. The summed E-state index contributed by atoms with van der Waals surface area (Å²) in [6.07, 6.45) is 2.62. The molecule has 0 fully saturated rings. The van der Waals surface area contributed by atoms with E-state index in [0.717, 1.165) is 35.8 Å². The zero-order valence-corrected chi connectivity index (χ0v) is 17.5. The summed E-state index contributed by atoms with van der Waals surface area (Å²) in [7, 11) is 1.35. The normalized spacial score (nSPS) is 13.0. The predicted octanol–water partition coefficient (Wildman–Crippen LogP) is 4.48. The van der Waals surface area contributed by atoms with E-state index in [4.69, 9.17) is 13.9 Å². The van der Waals surface area contributed by atoms with Crippen LogP contribution in [0, 0.1) is 13.8 Å². The molecule has 8 heteroatoms. The molecule has 0 radical (unpaired) electrons. The van der Waals surface area contributed by atoms with Gasteiger partial charge in [-0.25, -0.2) is 14.6 Å². The van der Waals surface area contributed by atoms with Crippen molar-refractivity contribution in [3.63, 3.8) is 0 Å². The van der Waals surface area contributed by atoms with Crippen molar-refractivity contribution in [1.82, 2.24) is 9.97 Å². The monoisotopic (exact) mass is 422 g/mol. The Balaban J connectivity index is 1.63. The van der Waals surface area contributed by atoms with Crippen molar-refractivity contribution in [3.05, 3.63) is 56.0 Å². The maximum atomic E-state index is 12.3. The van der Waals surface area contributed by atoms with Gasteiger partial charge in [0.2, 0.25) is 5.88 Å². The number of nitrogens with zero attached hydrogens (tertiary/aromatic N) is 2. The Hall–Kier alpha value is -3.26. The molecule has 0 amide bonds. The number of esters is 1. The van der Waals surface area contributed by atoms with Gasteiger partial charge in [-0.3, -0.25) is 0 Å². The fourth-order valence-corrected chi connectivity index (χ4v) is 5.14. The van der Waals surface area contributed by atoms with Crippen molar-refractivity contribution in [3.8, 4) is 11.6 Å². The Morgan fingerprint density at radius 3 is 2.77 bits per heavy atom. The smallest absolute Gasteiger partial charge is 0.348 e. The lowest BCUT2D eigenvalue weighted by atomic mass is 10.1. The van der Waals surface area contributed by atoms with Crippen LogP contribution in [0.4, 0.5) is 0 Å². The third-order valence-electron chi connectivity index (χ3n) is 5.40. The second kappa shape index (κ2) is 6.91. The van der Waals surface area contributed by atoms with Gasteiger partial charge in [-0.2, -0.15) is 4.98 Å². The van der Waals surface area contributed by atoms with Gasteiger partial charge in [0.15, 0.2) is 0 Å². The Morgan fingerprint density at radius 2 is 1.97 bits per heavy atom. The van der Waals surface area contributed by atoms with Crippen LogP contribution in [0.1, 0.15) is 38.6 Å². The van der Waals surface area contributed by atoms with Gasteiger partial charge in [0.1, 0.15) is 26.9 Å². The van der Waals surface area contributed by atoms with Gasteiger partial charge < -0.3 is 13.9 Å². The molecule has 5 rings (SSSR count). The summed E-state index contributed by atoms with van der Waals surface area (Å²) < 4.78 is 16.5. The first-order valence-corrected chi connectivity index (χ1v) is 10.4. The van der Waals surface area contributed by atoms with E-state index < -0.39 is 5.97 Å². The van der Waals surface area contributed by atoms with Crippen LogP contribution < -0.4 is 10.4 Å². The minimum Gasteiger partial charge on any atom is -0.465 e. The van der Waals surface area contributed by atoms with Gasteiger partial charge in [-0.1, -0.05) is 0 Å². The highest BCUT2D eigenvalue weighted by Crippen LogP contribution is 2.38. The molecule has 0 unspecified atom stereocenters. The Kier molecular flexibility index (Phi) is 4.32. The highest BCUT2D eigenvalue weighted by Gasteiger charge is 2.23.